The molecule has 5 N–H and O–H groups in total. The lowest BCUT2D eigenvalue weighted by Gasteiger charge is -2.40. The Morgan fingerprint density at radius 3 is 2.86 bits per heavy atom. The number of piperazine rings is 1. The first-order chi connectivity index (χ1) is 20.6. The molecule has 2 unspecified atom stereocenters. The summed E-state index contributed by atoms with van der Waals surface area (Å²) in [4.78, 5) is 35.5. The maximum absolute atomic E-state index is 13.8. The summed E-state index contributed by atoms with van der Waals surface area (Å²) < 4.78 is 33.5. The molecule has 43 heavy (non-hydrogen) atoms. The number of nitrogens with one attached hydrogen (secondary N) is 5. The number of alkyl carbamates (subject to hydrolysis) is 1. The van der Waals surface area contributed by atoms with Crippen molar-refractivity contribution >= 4 is 50.1 Å². The molecular formula is C25H29N11O5S2. The van der Waals surface area contributed by atoms with E-state index in [1.165, 1.54) is 28.8 Å². The fourth-order valence-electron chi connectivity index (χ4n) is 5.26. The summed E-state index contributed by atoms with van der Waals surface area (Å²) in [5.41, 5.74) is 1.77. The Kier molecular flexibility index (Phi) is 7.67. The van der Waals surface area contributed by atoms with Gasteiger partial charge in [0.25, 0.3) is 15.9 Å². The zero-order valence-electron chi connectivity index (χ0n) is 23.2. The topological polar surface area (TPSA) is 215 Å². The molecule has 2 atom stereocenters. The van der Waals surface area contributed by atoms with E-state index in [0.29, 0.717) is 33.8 Å². The molecule has 1 aromatic carbocycles. The molecule has 2 aliphatic heterocycles. The molecular weight excluding hydrogens is 598 g/mol. The number of amides is 2. The quantitative estimate of drug-likeness (QED) is 0.148. The molecule has 0 radical (unpaired) electrons. The van der Waals surface area contributed by atoms with Gasteiger partial charge < -0.3 is 19.9 Å². The van der Waals surface area contributed by atoms with Crippen molar-refractivity contribution in [3.63, 3.8) is 0 Å². The van der Waals surface area contributed by atoms with Crippen molar-refractivity contribution in [2.75, 3.05) is 26.7 Å². The van der Waals surface area contributed by atoms with Gasteiger partial charge in [-0.2, -0.15) is 4.31 Å². The van der Waals surface area contributed by atoms with E-state index < -0.39 is 22.2 Å². The average molecular weight is 628 g/mol. The van der Waals surface area contributed by atoms with Crippen molar-refractivity contribution in [1.29, 1.82) is 5.41 Å². The molecule has 5 heterocycles. The van der Waals surface area contributed by atoms with Crippen molar-refractivity contribution in [2.45, 2.75) is 43.4 Å². The standard InChI is InChI=1S/C25H29N11O5S2/c1-13-7-18-19(11-27-13)42-23(29-18)24(37)36-6-5-35(12-16(36)10-20-31-33-34-32-20)43(39,40)21-9-14-3-4-15(8-17(14)28-21)22(26)30-25(38)41-2/h3-4,8-9,13,16,27-28H,5-7,10-12H2,1-2H3,(H2,26,30,38)(H,31,32,33,34). The van der Waals surface area contributed by atoms with E-state index in [0.717, 1.165) is 17.0 Å². The number of carbonyl (C=O) groups excluding carboxylic acids is 2. The third-order valence-electron chi connectivity index (χ3n) is 7.51. The first-order valence-electron chi connectivity index (χ1n) is 13.4. The van der Waals surface area contributed by atoms with E-state index in [2.05, 4.69) is 52.9 Å². The lowest BCUT2D eigenvalue weighted by molar-refractivity contribution is 0.0561. The number of nitrogens with zero attached hydrogens (tertiary/aromatic N) is 6. The smallest absolute Gasteiger partial charge is 0.412 e. The number of hydrogen-bond acceptors (Lipinski definition) is 12. The van der Waals surface area contributed by atoms with Crippen LogP contribution in [0.4, 0.5) is 4.79 Å². The zero-order valence-corrected chi connectivity index (χ0v) is 24.9. The number of aromatic amines is 2. The highest BCUT2D eigenvalue weighted by molar-refractivity contribution is 7.89. The molecule has 4 aromatic rings. The van der Waals surface area contributed by atoms with Gasteiger partial charge in [-0.25, -0.2) is 23.3 Å². The molecule has 0 saturated carbocycles. The monoisotopic (exact) mass is 627 g/mol. The van der Waals surface area contributed by atoms with E-state index >= 15 is 0 Å². The van der Waals surface area contributed by atoms with E-state index in [1.807, 2.05) is 0 Å². The Hall–Kier alpha value is -4.26. The number of methoxy groups -OCH3 is 1. The minimum absolute atomic E-state index is 0.0206. The Bertz CT molecular complexity index is 1800. The molecule has 16 nitrogen and oxygen atoms in total. The summed E-state index contributed by atoms with van der Waals surface area (Å²) >= 11 is 1.37. The first-order valence-corrected chi connectivity index (χ1v) is 15.7. The van der Waals surface area contributed by atoms with Crippen LogP contribution in [-0.4, -0.2) is 105 Å². The minimum atomic E-state index is -4.00. The summed E-state index contributed by atoms with van der Waals surface area (Å²) in [6, 6.07) is 6.08. The molecule has 0 aliphatic carbocycles. The highest BCUT2D eigenvalue weighted by atomic mass is 32.2. The van der Waals surface area contributed by atoms with Crippen molar-refractivity contribution < 1.29 is 22.7 Å². The predicted molar refractivity (Wildman–Crippen MR) is 154 cm³/mol. The van der Waals surface area contributed by atoms with Crippen LogP contribution in [0.3, 0.4) is 0 Å². The fourth-order valence-corrected chi connectivity index (χ4v) is 7.74. The van der Waals surface area contributed by atoms with Crippen molar-refractivity contribution in [3.8, 4) is 0 Å². The van der Waals surface area contributed by atoms with Gasteiger partial charge in [0, 0.05) is 66.4 Å². The number of carbonyl (C=O) groups is 2. The van der Waals surface area contributed by atoms with E-state index in [-0.39, 0.29) is 48.9 Å². The maximum atomic E-state index is 13.8. The van der Waals surface area contributed by atoms with Gasteiger partial charge in [0.15, 0.2) is 10.8 Å². The molecule has 0 spiro atoms. The van der Waals surface area contributed by atoms with Crippen LogP contribution in [-0.2, 0) is 34.1 Å². The second-order valence-electron chi connectivity index (χ2n) is 10.4. The molecule has 0 bridgehead atoms. The number of H-pyrrole nitrogens is 2. The van der Waals surface area contributed by atoms with Gasteiger partial charge in [-0.3, -0.25) is 15.5 Å². The number of benzene rings is 1. The number of thiazole rings is 1. The maximum Gasteiger partial charge on any atom is 0.412 e. The summed E-state index contributed by atoms with van der Waals surface area (Å²) in [6.07, 6.45) is 0.182. The van der Waals surface area contributed by atoms with Crippen LogP contribution in [0.1, 0.15) is 38.7 Å². The van der Waals surface area contributed by atoms with Gasteiger partial charge in [-0.15, -0.1) is 16.4 Å². The Morgan fingerprint density at radius 2 is 2.09 bits per heavy atom. The minimum Gasteiger partial charge on any atom is -0.453 e. The molecule has 3 aromatic heterocycles. The lowest BCUT2D eigenvalue weighted by Crippen LogP contribution is -2.57. The Balaban J connectivity index is 1.24. The van der Waals surface area contributed by atoms with Crippen molar-refractivity contribution in [1.82, 2.24) is 50.4 Å². The molecule has 2 aliphatic rings. The van der Waals surface area contributed by atoms with Crippen molar-refractivity contribution in [3.05, 3.63) is 51.2 Å². The molecule has 226 valence electrons. The van der Waals surface area contributed by atoms with E-state index in [9.17, 15) is 18.0 Å². The fraction of sp³-hybridized carbons (Fsp3) is 0.400. The average Bonchev–Trinajstić information content (AvgIpc) is 3.76. The summed E-state index contributed by atoms with van der Waals surface area (Å²) in [6.45, 7) is 2.99. The zero-order chi connectivity index (χ0) is 30.3. The van der Waals surface area contributed by atoms with Crippen LogP contribution in [0, 0.1) is 5.41 Å². The van der Waals surface area contributed by atoms with Gasteiger partial charge in [0.2, 0.25) is 0 Å². The SMILES string of the molecule is COC(=O)NC(=N)c1ccc2cc(S(=O)(=O)N3CCN(C(=O)c4nc5c(s4)CNC(C)C5)C(Cc4nnn[nH]4)C3)[nH]c2c1. The third-order valence-corrected chi connectivity index (χ3v) is 10.4. The second-order valence-corrected chi connectivity index (χ2v) is 13.4. The summed E-state index contributed by atoms with van der Waals surface area (Å²) in [5.74, 6) is -0.00691. The Morgan fingerprint density at radius 1 is 1.26 bits per heavy atom. The molecule has 1 saturated heterocycles. The van der Waals surface area contributed by atoms with Crippen LogP contribution < -0.4 is 10.6 Å². The van der Waals surface area contributed by atoms with Crippen LogP contribution in [0.2, 0.25) is 0 Å². The summed E-state index contributed by atoms with van der Waals surface area (Å²) in [5, 5.41) is 28.6. The highest BCUT2D eigenvalue weighted by Crippen LogP contribution is 2.28. The van der Waals surface area contributed by atoms with Crippen LogP contribution in [0.15, 0.2) is 29.3 Å². The lowest BCUT2D eigenvalue weighted by atomic mass is 10.1. The number of tetrazole rings is 1. The summed E-state index contributed by atoms with van der Waals surface area (Å²) in [7, 11) is -2.81. The van der Waals surface area contributed by atoms with E-state index in [4.69, 9.17) is 5.41 Å². The number of sulfonamides is 1. The van der Waals surface area contributed by atoms with Gasteiger partial charge in [0.05, 0.1) is 18.8 Å². The van der Waals surface area contributed by atoms with Crippen molar-refractivity contribution in [2.24, 2.45) is 0 Å². The highest BCUT2D eigenvalue weighted by Gasteiger charge is 2.39. The van der Waals surface area contributed by atoms with E-state index in [1.54, 1.807) is 23.1 Å². The van der Waals surface area contributed by atoms with Crippen LogP contribution in [0.5, 0.6) is 0 Å². The largest absolute Gasteiger partial charge is 0.453 e. The first kappa shape index (κ1) is 28.8. The number of amidine groups is 1. The van der Waals surface area contributed by atoms with Gasteiger partial charge >= 0.3 is 6.09 Å². The molecule has 1 fully saturated rings. The second kappa shape index (κ2) is 11.4. The number of aromatic nitrogens is 6. The number of ether oxygens (including phenoxy) is 1. The normalized spacial score (nSPS) is 19.3. The van der Waals surface area contributed by atoms with Gasteiger partial charge in [-0.05, 0) is 29.5 Å². The third kappa shape index (κ3) is 5.73. The predicted octanol–water partition coefficient (Wildman–Crippen LogP) is 0.611. The Labute approximate surface area is 249 Å². The van der Waals surface area contributed by atoms with Crippen LogP contribution >= 0.6 is 11.3 Å². The molecule has 2 amide bonds. The molecule has 18 heteroatoms. The molecule has 6 rings (SSSR count). The number of fused-ring (bicyclic) bond motifs is 2. The number of hydrogen-bond donors (Lipinski definition) is 5. The van der Waals surface area contributed by atoms with Gasteiger partial charge in [0.1, 0.15) is 10.9 Å². The number of rotatable bonds is 6. The van der Waals surface area contributed by atoms with Gasteiger partial charge in [-0.1, -0.05) is 12.1 Å². The van der Waals surface area contributed by atoms with Crippen LogP contribution in [0.25, 0.3) is 10.9 Å².